The average Bonchev–Trinajstić information content (AvgIpc) is 2.73. The smallest absolute Gasteiger partial charge is 0.123 e. The van der Waals surface area contributed by atoms with Gasteiger partial charge in [0.05, 0.1) is 0 Å². The summed E-state index contributed by atoms with van der Waals surface area (Å²) in [6.07, 6.45) is 4.10. The summed E-state index contributed by atoms with van der Waals surface area (Å²) in [5.41, 5.74) is 1.13. The maximum Gasteiger partial charge on any atom is 0.123 e. The molecule has 1 fully saturated rings. The van der Waals surface area contributed by atoms with Crippen molar-refractivity contribution in [3.63, 3.8) is 0 Å². The van der Waals surface area contributed by atoms with Gasteiger partial charge in [0, 0.05) is 23.7 Å². The zero-order chi connectivity index (χ0) is 13.2. The highest BCUT2D eigenvalue weighted by Gasteiger charge is 2.30. The zero-order valence-corrected chi connectivity index (χ0v) is 11.7. The molecule has 1 aliphatic rings. The fourth-order valence-corrected chi connectivity index (χ4v) is 3.27. The first-order valence-electron chi connectivity index (χ1n) is 6.61. The molecule has 1 aromatic heterocycles. The van der Waals surface area contributed by atoms with Crippen LogP contribution in [0.2, 0.25) is 0 Å². The molecule has 0 aliphatic heterocycles. The predicted molar refractivity (Wildman–Crippen MR) is 75.9 cm³/mol. The Bertz CT molecular complexity index is 561. The molecule has 1 heterocycles. The number of nitrogens with zero attached hydrogens (tertiary/aromatic N) is 1. The van der Waals surface area contributed by atoms with Crippen LogP contribution in [-0.2, 0) is 6.54 Å². The first kappa shape index (κ1) is 12.8. The summed E-state index contributed by atoms with van der Waals surface area (Å²) < 4.78 is 13.1. The van der Waals surface area contributed by atoms with Gasteiger partial charge in [0.15, 0.2) is 0 Å². The summed E-state index contributed by atoms with van der Waals surface area (Å²) in [4.78, 5) is 5.59. The summed E-state index contributed by atoms with van der Waals surface area (Å²) in [6, 6.07) is 7.52. The standard InChI is InChI=1S/C15H17FN2S/c1-10-8-18-15(19-10)9-17-14-6-12(7-14)11-3-2-4-13(16)5-11/h2-5,8,12,14,17H,6-7,9H2,1H3. The average molecular weight is 276 g/mol. The van der Waals surface area contributed by atoms with Crippen LogP contribution in [0.3, 0.4) is 0 Å². The molecule has 4 heteroatoms. The Balaban J connectivity index is 1.48. The summed E-state index contributed by atoms with van der Waals surface area (Å²) in [6.45, 7) is 2.92. The number of hydrogen-bond donors (Lipinski definition) is 1. The zero-order valence-electron chi connectivity index (χ0n) is 10.9. The molecule has 0 atom stereocenters. The highest BCUT2D eigenvalue weighted by molar-refractivity contribution is 7.11. The number of nitrogens with one attached hydrogen (secondary N) is 1. The Kier molecular flexibility index (Phi) is 3.62. The Labute approximate surface area is 116 Å². The summed E-state index contributed by atoms with van der Waals surface area (Å²) >= 11 is 1.74. The number of halogens is 1. The monoisotopic (exact) mass is 276 g/mol. The van der Waals surface area contributed by atoms with E-state index in [4.69, 9.17) is 0 Å². The van der Waals surface area contributed by atoms with Gasteiger partial charge in [0.25, 0.3) is 0 Å². The lowest BCUT2D eigenvalue weighted by Crippen LogP contribution is -2.39. The maximum absolute atomic E-state index is 13.1. The summed E-state index contributed by atoms with van der Waals surface area (Å²) in [5.74, 6) is 0.374. The third-order valence-corrected chi connectivity index (χ3v) is 4.58. The Morgan fingerprint density at radius 3 is 2.95 bits per heavy atom. The van der Waals surface area contributed by atoms with Crippen molar-refractivity contribution in [2.45, 2.75) is 38.3 Å². The number of hydrogen-bond acceptors (Lipinski definition) is 3. The van der Waals surface area contributed by atoms with Gasteiger partial charge in [-0.05, 0) is 43.4 Å². The van der Waals surface area contributed by atoms with E-state index in [1.165, 1.54) is 10.9 Å². The molecule has 2 aromatic rings. The van der Waals surface area contributed by atoms with Gasteiger partial charge in [-0.2, -0.15) is 0 Å². The fourth-order valence-electron chi connectivity index (χ4n) is 2.53. The van der Waals surface area contributed by atoms with Crippen LogP contribution >= 0.6 is 11.3 Å². The quantitative estimate of drug-likeness (QED) is 0.922. The van der Waals surface area contributed by atoms with E-state index in [0.717, 1.165) is 30.0 Å². The maximum atomic E-state index is 13.1. The van der Waals surface area contributed by atoms with Crippen molar-refractivity contribution in [3.05, 3.63) is 51.7 Å². The highest BCUT2D eigenvalue weighted by Crippen LogP contribution is 2.37. The molecular formula is C15H17FN2S. The molecule has 0 bridgehead atoms. The van der Waals surface area contributed by atoms with E-state index >= 15 is 0 Å². The van der Waals surface area contributed by atoms with Crippen molar-refractivity contribution in [1.29, 1.82) is 0 Å². The third-order valence-electron chi connectivity index (χ3n) is 3.67. The van der Waals surface area contributed by atoms with Crippen LogP contribution in [0.4, 0.5) is 4.39 Å². The van der Waals surface area contributed by atoms with Crippen molar-refractivity contribution in [2.24, 2.45) is 0 Å². The first-order chi connectivity index (χ1) is 9.20. The lowest BCUT2D eigenvalue weighted by atomic mass is 9.76. The fraction of sp³-hybridized carbons (Fsp3) is 0.400. The van der Waals surface area contributed by atoms with Crippen molar-refractivity contribution < 1.29 is 4.39 Å². The number of rotatable bonds is 4. The molecule has 2 nitrogen and oxygen atoms in total. The van der Waals surface area contributed by atoms with E-state index in [2.05, 4.69) is 17.2 Å². The largest absolute Gasteiger partial charge is 0.308 e. The van der Waals surface area contributed by atoms with Crippen molar-refractivity contribution >= 4 is 11.3 Å². The molecule has 0 spiro atoms. The van der Waals surface area contributed by atoms with Crippen LogP contribution in [0.5, 0.6) is 0 Å². The minimum atomic E-state index is -0.132. The molecule has 0 radical (unpaired) electrons. The topological polar surface area (TPSA) is 24.9 Å². The molecule has 1 aromatic carbocycles. The molecule has 19 heavy (non-hydrogen) atoms. The third kappa shape index (κ3) is 3.01. The summed E-state index contributed by atoms with van der Waals surface area (Å²) in [5, 5.41) is 4.66. The van der Waals surface area contributed by atoms with Gasteiger partial charge >= 0.3 is 0 Å². The van der Waals surface area contributed by atoms with Crippen LogP contribution in [-0.4, -0.2) is 11.0 Å². The van der Waals surface area contributed by atoms with E-state index in [9.17, 15) is 4.39 Å². The van der Waals surface area contributed by atoms with Crippen LogP contribution in [0.1, 0.15) is 34.2 Å². The van der Waals surface area contributed by atoms with Gasteiger partial charge in [-0.3, -0.25) is 0 Å². The van der Waals surface area contributed by atoms with Crippen LogP contribution < -0.4 is 5.32 Å². The van der Waals surface area contributed by atoms with Crippen LogP contribution in [0.15, 0.2) is 30.5 Å². The van der Waals surface area contributed by atoms with Gasteiger partial charge in [0.2, 0.25) is 0 Å². The second-order valence-corrected chi connectivity index (χ2v) is 6.49. The highest BCUT2D eigenvalue weighted by atomic mass is 32.1. The van der Waals surface area contributed by atoms with Gasteiger partial charge in [-0.25, -0.2) is 9.37 Å². The molecule has 0 amide bonds. The molecule has 0 saturated heterocycles. The second kappa shape index (κ2) is 5.39. The van der Waals surface area contributed by atoms with E-state index in [1.807, 2.05) is 12.3 Å². The Morgan fingerprint density at radius 1 is 1.42 bits per heavy atom. The Hall–Kier alpha value is -1.26. The first-order valence-corrected chi connectivity index (χ1v) is 7.42. The molecule has 100 valence electrons. The molecule has 1 saturated carbocycles. The van der Waals surface area contributed by atoms with E-state index in [0.29, 0.717) is 12.0 Å². The number of aryl methyl sites for hydroxylation is 1. The van der Waals surface area contributed by atoms with Gasteiger partial charge < -0.3 is 5.32 Å². The van der Waals surface area contributed by atoms with Crippen LogP contribution in [0, 0.1) is 12.7 Å². The van der Waals surface area contributed by atoms with Crippen molar-refractivity contribution in [3.8, 4) is 0 Å². The van der Waals surface area contributed by atoms with Crippen molar-refractivity contribution in [1.82, 2.24) is 10.3 Å². The minimum absolute atomic E-state index is 0.132. The number of thiazole rings is 1. The molecule has 0 unspecified atom stereocenters. The van der Waals surface area contributed by atoms with E-state index in [-0.39, 0.29) is 5.82 Å². The van der Waals surface area contributed by atoms with Gasteiger partial charge in [0.1, 0.15) is 10.8 Å². The second-order valence-electron chi connectivity index (χ2n) is 5.17. The lowest BCUT2D eigenvalue weighted by molar-refractivity contribution is 0.289. The lowest BCUT2D eigenvalue weighted by Gasteiger charge is -2.36. The van der Waals surface area contributed by atoms with E-state index < -0.39 is 0 Å². The van der Waals surface area contributed by atoms with Crippen LogP contribution in [0.25, 0.3) is 0 Å². The SMILES string of the molecule is Cc1cnc(CNC2CC(c3cccc(F)c3)C2)s1. The number of benzene rings is 1. The molecule has 3 rings (SSSR count). The molecular weight excluding hydrogens is 259 g/mol. The normalized spacial score (nSPS) is 22.2. The minimum Gasteiger partial charge on any atom is -0.308 e. The summed E-state index contributed by atoms with van der Waals surface area (Å²) in [7, 11) is 0. The molecule has 1 N–H and O–H groups in total. The molecule has 1 aliphatic carbocycles. The predicted octanol–water partition coefficient (Wildman–Crippen LogP) is 3.63. The van der Waals surface area contributed by atoms with Gasteiger partial charge in [-0.15, -0.1) is 11.3 Å². The Morgan fingerprint density at radius 2 is 2.26 bits per heavy atom. The number of aromatic nitrogens is 1. The van der Waals surface area contributed by atoms with Gasteiger partial charge in [-0.1, -0.05) is 12.1 Å². The van der Waals surface area contributed by atoms with Crippen molar-refractivity contribution in [2.75, 3.05) is 0 Å². The van der Waals surface area contributed by atoms with E-state index in [1.54, 1.807) is 23.5 Å².